The van der Waals surface area contributed by atoms with E-state index < -0.39 is 5.41 Å². The Kier molecular flexibility index (Phi) is 6.65. The molecule has 3 aromatic rings. The molecule has 0 aromatic carbocycles. The average molecular weight is 560 g/mol. The molecule has 11 heteroatoms. The first-order valence-electron chi connectivity index (χ1n) is 14.7. The normalized spacial score (nSPS) is 25.4. The third-order valence-electron chi connectivity index (χ3n) is 9.30. The van der Waals surface area contributed by atoms with Crippen LogP contribution in [-0.4, -0.2) is 78.4 Å². The van der Waals surface area contributed by atoms with Gasteiger partial charge in [0.15, 0.2) is 0 Å². The van der Waals surface area contributed by atoms with Crippen LogP contribution in [0.3, 0.4) is 0 Å². The fourth-order valence-corrected chi connectivity index (χ4v) is 8.29. The fraction of sp³-hybridized carbons (Fsp3) is 0.586. The number of nitriles is 1. The molecule has 3 fully saturated rings. The van der Waals surface area contributed by atoms with Gasteiger partial charge >= 0.3 is 0 Å². The van der Waals surface area contributed by atoms with E-state index in [-0.39, 0.29) is 0 Å². The predicted octanol–water partition coefficient (Wildman–Crippen LogP) is 3.37. The lowest BCUT2D eigenvalue weighted by molar-refractivity contribution is 0.260. The first-order valence-corrected chi connectivity index (χ1v) is 15.5. The molecule has 0 radical (unpaired) electrons. The molecule has 10 nitrogen and oxygen atoms in total. The summed E-state index contributed by atoms with van der Waals surface area (Å²) in [7, 11) is 0. The van der Waals surface area contributed by atoms with Crippen molar-refractivity contribution in [3.63, 3.8) is 0 Å². The molecule has 3 aliphatic heterocycles. The molecule has 3 N–H and O–H groups in total. The molecule has 40 heavy (non-hydrogen) atoms. The van der Waals surface area contributed by atoms with Crippen LogP contribution in [0.1, 0.15) is 60.9 Å². The van der Waals surface area contributed by atoms with Gasteiger partial charge in [-0.25, -0.2) is 4.98 Å². The largest absolute Gasteiger partial charge is 0.389 e. The number of aryl methyl sites for hydroxylation is 1. The van der Waals surface area contributed by atoms with Gasteiger partial charge in [-0.1, -0.05) is 5.16 Å². The number of likely N-dealkylation sites (tertiary alicyclic amines) is 1. The van der Waals surface area contributed by atoms with E-state index >= 15 is 0 Å². The number of hydrogen-bond acceptors (Lipinski definition) is 11. The maximum Gasteiger partial charge on any atom is 0.237 e. The Morgan fingerprint density at radius 2 is 1.93 bits per heavy atom. The molecular weight excluding hydrogens is 522 g/mol. The summed E-state index contributed by atoms with van der Waals surface area (Å²) in [5.41, 5.74) is 9.11. The summed E-state index contributed by atoms with van der Waals surface area (Å²) in [6.07, 6.45) is 6.54. The molecule has 0 spiro atoms. The van der Waals surface area contributed by atoms with Crippen LogP contribution in [0.15, 0.2) is 16.7 Å². The minimum atomic E-state index is -0.547. The second-order valence-electron chi connectivity index (χ2n) is 11.8. The molecule has 4 aliphatic rings. The minimum absolute atomic E-state index is 0.499. The summed E-state index contributed by atoms with van der Waals surface area (Å²) in [6, 6.07) is 7.28. The van der Waals surface area contributed by atoms with Crippen molar-refractivity contribution in [2.45, 2.75) is 56.9 Å². The number of nitrogen functional groups attached to an aromatic ring is 1. The summed E-state index contributed by atoms with van der Waals surface area (Å²) in [6.45, 7) is 10.4. The predicted molar refractivity (Wildman–Crippen MR) is 157 cm³/mol. The van der Waals surface area contributed by atoms with Crippen molar-refractivity contribution in [2.75, 3.05) is 67.9 Å². The molecule has 3 saturated heterocycles. The molecule has 1 unspecified atom stereocenters. The van der Waals surface area contributed by atoms with Crippen molar-refractivity contribution in [3.8, 4) is 17.6 Å². The van der Waals surface area contributed by atoms with Crippen LogP contribution in [0.25, 0.3) is 11.5 Å². The van der Waals surface area contributed by atoms with E-state index in [1.54, 1.807) is 0 Å². The van der Waals surface area contributed by atoms with Gasteiger partial charge < -0.3 is 25.4 Å². The quantitative estimate of drug-likeness (QED) is 0.481. The highest BCUT2D eigenvalue weighted by Crippen LogP contribution is 2.48. The highest BCUT2D eigenvalue weighted by Gasteiger charge is 2.43. The highest BCUT2D eigenvalue weighted by atomic mass is 32.1. The Morgan fingerprint density at radius 1 is 1.10 bits per heavy atom. The average Bonchev–Trinajstić information content (AvgIpc) is 3.79. The topological polar surface area (TPSA) is 123 Å². The van der Waals surface area contributed by atoms with E-state index in [0.29, 0.717) is 28.3 Å². The van der Waals surface area contributed by atoms with Crippen LogP contribution in [-0.2, 0) is 11.8 Å². The van der Waals surface area contributed by atoms with Gasteiger partial charge in [-0.15, -0.1) is 11.3 Å². The van der Waals surface area contributed by atoms with Crippen molar-refractivity contribution in [1.82, 2.24) is 25.3 Å². The molecule has 6 heterocycles. The van der Waals surface area contributed by atoms with E-state index in [1.165, 1.54) is 43.7 Å². The van der Waals surface area contributed by atoms with Gasteiger partial charge in [0.1, 0.15) is 22.6 Å². The standard InChI is InChI=1S/C29H37N9OS/c1-29(7-4-5-23-25(29)21(17-30)26(31)40-23)28-34-27(35-39-28)22-15-20(37-13-8-32-9-14-37)16-24(33-22)38-12-6-19(18-38)36-10-2-3-11-36/h15-16,19,32H,2-14,18,31H2,1H3/t19-,29?/m0/s1. The lowest BCUT2D eigenvalue weighted by Gasteiger charge is -2.31. The molecule has 3 aromatic heterocycles. The highest BCUT2D eigenvalue weighted by molar-refractivity contribution is 7.16. The first-order chi connectivity index (χ1) is 19.5. The lowest BCUT2D eigenvalue weighted by Crippen LogP contribution is -2.43. The number of piperazine rings is 1. The van der Waals surface area contributed by atoms with E-state index in [1.807, 2.05) is 0 Å². The molecule has 0 bridgehead atoms. The van der Waals surface area contributed by atoms with Crippen LogP contribution in [0, 0.1) is 11.3 Å². The van der Waals surface area contributed by atoms with Crippen molar-refractivity contribution in [2.24, 2.45) is 0 Å². The van der Waals surface area contributed by atoms with Gasteiger partial charge in [0.25, 0.3) is 0 Å². The molecule has 0 amide bonds. The number of nitrogens with two attached hydrogens (primary N) is 1. The number of anilines is 3. The Balaban J connectivity index is 1.24. The number of nitrogens with zero attached hydrogens (tertiary/aromatic N) is 7. The van der Waals surface area contributed by atoms with Gasteiger partial charge in [-0.05, 0) is 64.6 Å². The Morgan fingerprint density at radius 3 is 2.73 bits per heavy atom. The molecule has 210 valence electrons. The lowest BCUT2D eigenvalue weighted by atomic mass is 9.72. The van der Waals surface area contributed by atoms with Crippen LogP contribution in [0.5, 0.6) is 0 Å². The van der Waals surface area contributed by atoms with Crippen LogP contribution in [0.4, 0.5) is 16.5 Å². The van der Waals surface area contributed by atoms with Crippen LogP contribution >= 0.6 is 11.3 Å². The van der Waals surface area contributed by atoms with E-state index in [2.05, 4.69) is 50.3 Å². The molecular formula is C29H37N9OS. The number of rotatable bonds is 5. The summed E-state index contributed by atoms with van der Waals surface area (Å²) in [4.78, 5) is 18.7. The van der Waals surface area contributed by atoms with Gasteiger partial charge in [0.05, 0.1) is 11.0 Å². The molecule has 7 rings (SSSR count). The number of thiophene rings is 1. The monoisotopic (exact) mass is 559 g/mol. The summed E-state index contributed by atoms with van der Waals surface area (Å²) >= 11 is 1.52. The second kappa shape index (κ2) is 10.3. The van der Waals surface area contributed by atoms with Gasteiger partial charge in [-0.2, -0.15) is 10.2 Å². The summed E-state index contributed by atoms with van der Waals surface area (Å²) < 4.78 is 5.97. The number of aromatic nitrogens is 3. The number of hydrogen-bond donors (Lipinski definition) is 2. The van der Waals surface area contributed by atoms with Crippen LogP contribution in [0.2, 0.25) is 0 Å². The van der Waals surface area contributed by atoms with Crippen LogP contribution < -0.4 is 20.9 Å². The van der Waals surface area contributed by atoms with Crippen molar-refractivity contribution >= 4 is 27.8 Å². The molecule has 0 saturated carbocycles. The van der Waals surface area contributed by atoms with Gasteiger partial charge in [-0.3, -0.25) is 4.90 Å². The maximum absolute atomic E-state index is 9.89. The fourth-order valence-electron chi connectivity index (χ4n) is 7.10. The van der Waals surface area contributed by atoms with Crippen molar-refractivity contribution in [3.05, 3.63) is 34.0 Å². The van der Waals surface area contributed by atoms with E-state index in [9.17, 15) is 5.26 Å². The van der Waals surface area contributed by atoms with Gasteiger partial charge in [0.2, 0.25) is 11.7 Å². The Hall–Kier alpha value is -3.20. The van der Waals surface area contributed by atoms with Crippen molar-refractivity contribution < 1.29 is 4.52 Å². The minimum Gasteiger partial charge on any atom is -0.389 e. The Bertz CT molecular complexity index is 1430. The summed E-state index contributed by atoms with van der Waals surface area (Å²) in [5.74, 6) is 2.02. The third-order valence-corrected chi connectivity index (χ3v) is 10.4. The molecule has 2 atom stereocenters. The molecule has 1 aliphatic carbocycles. The number of nitrogens with one attached hydrogen (secondary N) is 1. The maximum atomic E-state index is 9.89. The zero-order valence-corrected chi connectivity index (χ0v) is 24.0. The summed E-state index contributed by atoms with van der Waals surface area (Å²) in [5, 5.41) is 18.4. The number of fused-ring (bicyclic) bond motifs is 1. The van der Waals surface area contributed by atoms with Crippen molar-refractivity contribution in [1.29, 1.82) is 5.26 Å². The zero-order chi connectivity index (χ0) is 27.3. The zero-order valence-electron chi connectivity index (χ0n) is 23.2. The van der Waals surface area contributed by atoms with E-state index in [0.717, 1.165) is 86.2 Å². The second-order valence-corrected chi connectivity index (χ2v) is 12.9. The third kappa shape index (κ3) is 4.42. The number of pyridine rings is 1. The smallest absolute Gasteiger partial charge is 0.237 e. The SMILES string of the molecule is CC1(c2nc(-c3cc(N4CCNCC4)cc(N4CC[C@H](N5CCCC5)C4)n3)no2)CCCc2sc(N)c(C#N)c21. The Labute approximate surface area is 239 Å². The van der Waals surface area contributed by atoms with Gasteiger partial charge in [0, 0.05) is 67.5 Å². The first kappa shape index (κ1) is 25.7. The van der Waals surface area contributed by atoms with E-state index in [4.69, 9.17) is 20.2 Å².